The van der Waals surface area contributed by atoms with Gasteiger partial charge in [0.2, 0.25) is 12.7 Å². The summed E-state index contributed by atoms with van der Waals surface area (Å²) >= 11 is 1.95. The van der Waals surface area contributed by atoms with Crippen molar-refractivity contribution in [3.05, 3.63) is 59.7 Å². The molecule has 0 saturated carbocycles. The molecule has 3 aromatic rings. The Balaban J connectivity index is 1.51. The van der Waals surface area contributed by atoms with E-state index >= 15 is 0 Å². The lowest BCUT2D eigenvalue weighted by molar-refractivity contribution is 0.0722. The molecular formula is C26H29N3O4S. The Morgan fingerprint density at radius 3 is 2.62 bits per heavy atom. The van der Waals surface area contributed by atoms with Gasteiger partial charge in [0.25, 0.3) is 5.91 Å². The molecule has 2 aliphatic rings. The standard InChI is InChI=1S/C26H29N3O4S/c1-18(2)15-29(25(30)20-8-9-22-23(14-20)32-17-31-22)16-21-24(19-6-4-3-5-7-19)27-33-26(21)28-10-12-34-13-11-28/h3-9,14,18H,10-13,15-17H2,1-2H3. The molecule has 0 unspecified atom stereocenters. The number of nitrogens with zero attached hydrogens (tertiary/aromatic N) is 3. The summed E-state index contributed by atoms with van der Waals surface area (Å²) in [4.78, 5) is 17.8. The van der Waals surface area contributed by atoms with E-state index in [0.29, 0.717) is 36.1 Å². The number of thioether (sulfide) groups is 1. The van der Waals surface area contributed by atoms with Crippen LogP contribution in [-0.4, -0.2) is 53.9 Å². The second-order valence-corrected chi connectivity index (χ2v) is 10.2. The van der Waals surface area contributed by atoms with E-state index in [2.05, 4.69) is 23.9 Å². The van der Waals surface area contributed by atoms with Crippen molar-refractivity contribution in [1.29, 1.82) is 0 Å². The number of ether oxygens (including phenoxy) is 2. The Hall–Kier alpha value is -3.13. The number of carbonyl (C=O) groups is 1. The molecule has 0 N–H and O–H groups in total. The molecule has 7 nitrogen and oxygen atoms in total. The molecule has 0 aliphatic carbocycles. The van der Waals surface area contributed by atoms with Crippen LogP contribution in [0.2, 0.25) is 0 Å². The minimum absolute atomic E-state index is 0.0487. The van der Waals surface area contributed by atoms with E-state index in [0.717, 1.165) is 47.3 Å². The van der Waals surface area contributed by atoms with E-state index in [4.69, 9.17) is 14.0 Å². The smallest absolute Gasteiger partial charge is 0.254 e. The molecule has 1 fully saturated rings. The van der Waals surface area contributed by atoms with E-state index in [1.54, 1.807) is 18.2 Å². The van der Waals surface area contributed by atoms with E-state index in [9.17, 15) is 4.79 Å². The van der Waals surface area contributed by atoms with Gasteiger partial charge in [-0.2, -0.15) is 11.8 Å². The fraction of sp³-hybridized carbons (Fsp3) is 0.385. The summed E-state index contributed by atoms with van der Waals surface area (Å²) in [5, 5.41) is 4.48. The first-order valence-corrected chi connectivity index (χ1v) is 12.8. The minimum Gasteiger partial charge on any atom is -0.454 e. The van der Waals surface area contributed by atoms with Crippen LogP contribution in [0, 0.1) is 5.92 Å². The Morgan fingerprint density at radius 1 is 1.09 bits per heavy atom. The number of fused-ring (bicyclic) bond motifs is 1. The fourth-order valence-electron chi connectivity index (χ4n) is 4.34. The predicted molar refractivity (Wildman–Crippen MR) is 134 cm³/mol. The molecule has 0 atom stereocenters. The first-order chi connectivity index (χ1) is 16.6. The van der Waals surface area contributed by atoms with Crippen LogP contribution in [-0.2, 0) is 6.54 Å². The highest BCUT2D eigenvalue weighted by Crippen LogP contribution is 2.35. The lowest BCUT2D eigenvalue weighted by Crippen LogP contribution is -2.36. The Kier molecular flexibility index (Phi) is 6.67. The fourth-order valence-corrected chi connectivity index (χ4v) is 5.25. The molecule has 5 rings (SSSR count). The number of hydrogen-bond donors (Lipinski definition) is 0. The molecule has 1 saturated heterocycles. The highest BCUT2D eigenvalue weighted by atomic mass is 32.2. The molecule has 0 bridgehead atoms. The van der Waals surface area contributed by atoms with E-state index in [-0.39, 0.29) is 12.7 Å². The number of rotatable bonds is 7. The summed E-state index contributed by atoms with van der Waals surface area (Å²) in [5.74, 6) is 4.39. The van der Waals surface area contributed by atoms with Gasteiger partial charge < -0.3 is 23.8 Å². The van der Waals surface area contributed by atoms with Crippen molar-refractivity contribution in [2.75, 3.05) is 42.8 Å². The van der Waals surface area contributed by atoms with E-state index in [1.807, 2.05) is 47.0 Å². The largest absolute Gasteiger partial charge is 0.454 e. The second-order valence-electron chi connectivity index (χ2n) is 8.93. The van der Waals surface area contributed by atoms with Crippen LogP contribution in [0.5, 0.6) is 11.5 Å². The summed E-state index contributed by atoms with van der Waals surface area (Å²) in [5.41, 5.74) is 3.31. The van der Waals surface area contributed by atoms with Gasteiger partial charge in [0.1, 0.15) is 5.69 Å². The van der Waals surface area contributed by atoms with Gasteiger partial charge in [-0.3, -0.25) is 4.79 Å². The molecule has 3 heterocycles. The third-order valence-corrected chi connectivity index (χ3v) is 6.90. The molecule has 1 aromatic heterocycles. The molecule has 34 heavy (non-hydrogen) atoms. The van der Waals surface area contributed by atoms with Gasteiger partial charge in [0.05, 0.1) is 12.1 Å². The summed E-state index contributed by atoms with van der Waals surface area (Å²) in [6, 6.07) is 15.4. The minimum atomic E-state index is -0.0487. The average molecular weight is 480 g/mol. The second kappa shape index (κ2) is 10.0. The van der Waals surface area contributed by atoms with Crippen LogP contribution in [0.15, 0.2) is 53.1 Å². The van der Waals surface area contributed by atoms with Gasteiger partial charge in [-0.05, 0) is 24.1 Å². The normalized spacial score (nSPS) is 15.1. The van der Waals surface area contributed by atoms with Gasteiger partial charge in [0.15, 0.2) is 11.5 Å². The van der Waals surface area contributed by atoms with Crippen molar-refractivity contribution in [1.82, 2.24) is 10.1 Å². The number of aromatic nitrogens is 1. The third-order valence-electron chi connectivity index (χ3n) is 5.95. The number of hydrogen-bond acceptors (Lipinski definition) is 7. The number of amides is 1. The van der Waals surface area contributed by atoms with Crippen LogP contribution in [0.25, 0.3) is 11.3 Å². The van der Waals surface area contributed by atoms with E-state index < -0.39 is 0 Å². The molecule has 1 amide bonds. The van der Waals surface area contributed by atoms with Gasteiger partial charge in [0, 0.05) is 42.3 Å². The zero-order valence-corrected chi connectivity index (χ0v) is 20.3. The predicted octanol–water partition coefficient (Wildman–Crippen LogP) is 4.92. The Morgan fingerprint density at radius 2 is 1.85 bits per heavy atom. The van der Waals surface area contributed by atoms with Crippen LogP contribution in [0.4, 0.5) is 5.88 Å². The van der Waals surface area contributed by atoms with Crippen LogP contribution >= 0.6 is 11.8 Å². The monoisotopic (exact) mass is 479 g/mol. The zero-order valence-electron chi connectivity index (χ0n) is 19.5. The van der Waals surface area contributed by atoms with Gasteiger partial charge in [-0.25, -0.2) is 0 Å². The maximum atomic E-state index is 13.7. The van der Waals surface area contributed by atoms with Gasteiger partial charge in [-0.1, -0.05) is 49.3 Å². The van der Waals surface area contributed by atoms with Crippen molar-refractivity contribution in [3.63, 3.8) is 0 Å². The molecule has 0 radical (unpaired) electrons. The molecular weight excluding hydrogens is 450 g/mol. The molecule has 178 valence electrons. The highest BCUT2D eigenvalue weighted by molar-refractivity contribution is 7.99. The topological polar surface area (TPSA) is 68.0 Å². The summed E-state index contributed by atoms with van der Waals surface area (Å²) in [7, 11) is 0. The quantitative estimate of drug-likeness (QED) is 0.476. The third kappa shape index (κ3) is 4.73. The van der Waals surface area contributed by atoms with Crippen molar-refractivity contribution < 1.29 is 18.8 Å². The van der Waals surface area contributed by atoms with Crippen LogP contribution in [0.3, 0.4) is 0 Å². The van der Waals surface area contributed by atoms with Gasteiger partial charge in [-0.15, -0.1) is 0 Å². The average Bonchev–Trinajstić information content (AvgIpc) is 3.50. The van der Waals surface area contributed by atoms with Crippen molar-refractivity contribution in [3.8, 4) is 22.8 Å². The Bertz CT molecular complexity index is 1140. The van der Waals surface area contributed by atoms with Crippen LogP contribution < -0.4 is 14.4 Å². The van der Waals surface area contributed by atoms with Gasteiger partial charge >= 0.3 is 0 Å². The maximum absolute atomic E-state index is 13.7. The van der Waals surface area contributed by atoms with Crippen molar-refractivity contribution in [2.45, 2.75) is 20.4 Å². The first-order valence-electron chi connectivity index (χ1n) is 11.7. The van der Waals surface area contributed by atoms with Crippen molar-refractivity contribution in [2.24, 2.45) is 5.92 Å². The maximum Gasteiger partial charge on any atom is 0.254 e. The first kappa shape index (κ1) is 22.7. The lowest BCUT2D eigenvalue weighted by atomic mass is 10.0. The molecule has 8 heteroatoms. The summed E-state index contributed by atoms with van der Waals surface area (Å²) < 4.78 is 16.9. The molecule has 0 spiro atoms. The van der Waals surface area contributed by atoms with Crippen molar-refractivity contribution >= 4 is 23.6 Å². The lowest BCUT2D eigenvalue weighted by Gasteiger charge is -2.29. The molecule has 2 aromatic carbocycles. The highest BCUT2D eigenvalue weighted by Gasteiger charge is 2.28. The zero-order chi connectivity index (χ0) is 23.5. The number of anilines is 1. The summed E-state index contributed by atoms with van der Waals surface area (Å²) in [6.07, 6.45) is 0. The summed E-state index contributed by atoms with van der Waals surface area (Å²) in [6.45, 7) is 7.26. The van der Waals surface area contributed by atoms with E-state index in [1.165, 1.54) is 0 Å². The SMILES string of the molecule is CC(C)CN(Cc1c(-c2ccccc2)noc1N1CCSCC1)C(=O)c1ccc2c(c1)OCO2. The number of benzene rings is 2. The van der Waals surface area contributed by atoms with Crippen LogP contribution in [0.1, 0.15) is 29.8 Å². The Labute approximate surface area is 204 Å². The molecule has 2 aliphatic heterocycles. The number of carbonyl (C=O) groups excluding carboxylic acids is 1.